The molecule has 17 heavy (non-hydrogen) atoms. The van der Waals surface area contributed by atoms with Gasteiger partial charge >= 0.3 is 17.1 Å². The number of hydrogen-bond donors (Lipinski definition) is 0. The Balaban J connectivity index is 4.73. The zero-order valence-electron chi connectivity index (χ0n) is 12.6. The van der Waals surface area contributed by atoms with Crippen molar-refractivity contribution in [3.8, 4) is 0 Å². The second-order valence-corrected chi connectivity index (χ2v) is 20.2. The SMILES string of the molecule is C=C[Si](C)(O[Si](C)(C)C)O[Si](C)(C)O[SiH](C)C. The van der Waals surface area contributed by atoms with Crippen LogP contribution in [-0.4, -0.2) is 34.5 Å². The third-order valence-electron chi connectivity index (χ3n) is 1.85. The van der Waals surface area contributed by atoms with E-state index >= 15 is 0 Å². The molecular formula is C10H28O3Si4. The van der Waals surface area contributed by atoms with Crippen molar-refractivity contribution in [1.82, 2.24) is 0 Å². The second-order valence-electron chi connectivity index (χ2n) is 6.10. The molecule has 0 aromatic heterocycles. The van der Waals surface area contributed by atoms with E-state index in [2.05, 4.69) is 59.0 Å². The highest BCUT2D eigenvalue weighted by Gasteiger charge is 2.41. The molecule has 0 amide bonds. The van der Waals surface area contributed by atoms with Gasteiger partial charge in [0.15, 0.2) is 17.4 Å². The van der Waals surface area contributed by atoms with Crippen LogP contribution in [0.25, 0.3) is 0 Å². The van der Waals surface area contributed by atoms with E-state index in [1.807, 2.05) is 5.70 Å². The Hall–Kier alpha value is 0.488. The molecule has 0 aromatic rings. The highest BCUT2D eigenvalue weighted by Crippen LogP contribution is 2.22. The molecule has 0 aliphatic carbocycles. The summed E-state index contributed by atoms with van der Waals surface area (Å²) in [6.07, 6.45) is 0. The van der Waals surface area contributed by atoms with Gasteiger partial charge in [0.2, 0.25) is 0 Å². The molecule has 3 nitrogen and oxygen atoms in total. The van der Waals surface area contributed by atoms with Gasteiger partial charge in [-0.25, -0.2) is 0 Å². The Morgan fingerprint density at radius 2 is 1.41 bits per heavy atom. The second kappa shape index (κ2) is 6.09. The third-order valence-corrected chi connectivity index (χ3v) is 14.4. The molecule has 0 spiro atoms. The maximum Gasteiger partial charge on any atom is 0.342 e. The van der Waals surface area contributed by atoms with Crippen molar-refractivity contribution < 1.29 is 12.3 Å². The molecule has 0 aliphatic heterocycles. The van der Waals surface area contributed by atoms with Crippen molar-refractivity contribution in [3.63, 3.8) is 0 Å². The topological polar surface area (TPSA) is 27.7 Å². The summed E-state index contributed by atoms with van der Waals surface area (Å²) in [6.45, 7) is 21.0. The highest BCUT2D eigenvalue weighted by atomic mass is 28.5. The molecule has 1 unspecified atom stereocenters. The monoisotopic (exact) mass is 308 g/mol. The first-order valence-corrected chi connectivity index (χ1v) is 17.5. The fourth-order valence-corrected chi connectivity index (χ4v) is 16.9. The van der Waals surface area contributed by atoms with Crippen LogP contribution in [0.4, 0.5) is 0 Å². The fourth-order valence-electron chi connectivity index (χ4n) is 1.79. The van der Waals surface area contributed by atoms with Gasteiger partial charge in [-0.3, -0.25) is 0 Å². The van der Waals surface area contributed by atoms with Gasteiger partial charge in [-0.1, -0.05) is 5.70 Å². The van der Waals surface area contributed by atoms with Crippen LogP contribution in [0.1, 0.15) is 0 Å². The van der Waals surface area contributed by atoms with Gasteiger partial charge in [-0.05, 0) is 52.4 Å². The van der Waals surface area contributed by atoms with E-state index in [9.17, 15) is 0 Å². The van der Waals surface area contributed by atoms with Gasteiger partial charge in [0.1, 0.15) is 0 Å². The first kappa shape index (κ1) is 17.5. The zero-order valence-corrected chi connectivity index (χ0v) is 16.7. The van der Waals surface area contributed by atoms with Gasteiger partial charge in [0.25, 0.3) is 0 Å². The molecular weight excluding hydrogens is 280 g/mol. The van der Waals surface area contributed by atoms with Gasteiger partial charge in [0.05, 0.1) is 0 Å². The molecule has 1 atom stereocenters. The Morgan fingerprint density at radius 1 is 0.941 bits per heavy atom. The van der Waals surface area contributed by atoms with Crippen LogP contribution in [0.3, 0.4) is 0 Å². The fraction of sp³-hybridized carbons (Fsp3) is 0.800. The van der Waals surface area contributed by atoms with Gasteiger partial charge in [-0.15, -0.1) is 6.58 Å². The first-order valence-electron chi connectivity index (χ1n) is 6.11. The van der Waals surface area contributed by atoms with Crippen molar-refractivity contribution in [2.75, 3.05) is 0 Å². The summed E-state index contributed by atoms with van der Waals surface area (Å²) in [7, 11) is -7.03. The van der Waals surface area contributed by atoms with Gasteiger partial charge in [-0.2, -0.15) is 0 Å². The summed E-state index contributed by atoms with van der Waals surface area (Å²) < 4.78 is 18.5. The summed E-state index contributed by atoms with van der Waals surface area (Å²) in [5.41, 5.74) is 1.88. The van der Waals surface area contributed by atoms with E-state index in [0.29, 0.717) is 0 Å². The van der Waals surface area contributed by atoms with Crippen LogP contribution in [0.15, 0.2) is 12.3 Å². The van der Waals surface area contributed by atoms with Crippen LogP contribution in [-0.2, 0) is 12.3 Å². The minimum absolute atomic E-state index is 1.07. The minimum Gasteiger partial charge on any atom is -0.440 e. The summed E-state index contributed by atoms with van der Waals surface area (Å²) in [5, 5.41) is 0. The quantitative estimate of drug-likeness (QED) is 0.675. The molecule has 0 bridgehead atoms. The van der Waals surface area contributed by atoms with Gasteiger partial charge in [0, 0.05) is 0 Å². The molecule has 102 valence electrons. The standard InChI is InChI=1S/C10H28O3Si4/c1-10-17(9,12-15(4,5)6)13-16(7,8)11-14(2)3/h10,14H,1H2,2-9H3. The lowest BCUT2D eigenvalue weighted by molar-refractivity contribution is 0.341. The molecule has 0 aromatic carbocycles. The minimum atomic E-state index is -2.28. The van der Waals surface area contributed by atoms with Gasteiger partial charge < -0.3 is 12.3 Å². The lowest BCUT2D eigenvalue weighted by atomic mass is 11.3. The molecule has 0 saturated carbocycles. The lowest BCUT2D eigenvalue weighted by Crippen LogP contribution is -2.54. The van der Waals surface area contributed by atoms with Crippen molar-refractivity contribution in [3.05, 3.63) is 12.3 Å². The molecule has 0 rings (SSSR count). The first-order chi connectivity index (χ1) is 7.39. The Kier molecular flexibility index (Phi) is 6.26. The van der Waals surface area contributed by atoms with Crippen molar-refractivity contribution in [2.45, 2.75) is 52.4 Å². The van der Waals surface area contributed by atoms with E-state index in [-0.39, 0.29) is 0 Å². The number of hydrogen-bond acceptors (Lipinski definition) is 3. The Morgan fingerprint density at radius 3 is 1.71 bits per heavy atom. The van der Waals surface area contributed by atoms with E-state index in [1.165, 1.54) is 0 Å². The molecule has 0 heterocycles. The van der Waals surface area contributed by atoms with Crippen molar-refractivity contribution in [2.24, 2.45) is 0 Å². The average molecular weight is 309 g/mol. The maximum absolute atomic E-state index is 6.25. The Bertz CT molecular complexity index is 263. The normalized spacial score (nSPS) is 17.0. The third kappa shape index (κ3) is 8.24. The van der Waals surface area contributed by atoms with E-state index in [4.69, 9.17) is 12.3 Å². The van der Waals surface area contributed by atoms with E-state index in [0.717, 1.165) is 0 Å². The van der Waals surface area contributed by atoms with Crippen LogP contribution in [0.5, 0.6) is 0 Å². The summed E-state index contributed by atoms with van der Waals surface area (Å²) in [4.78, 5) is 0. The molecule has 0 aliphatic rings. The van der Waals surface area contributed by atoms with Crippen LogP contribution < -0.4 is 0 Å². The van der Waals surface area contributed by atoms with Crippen LogP contribution in [0, 0.1) is 0 Å². The smallest absolute Gasteiger partial charge is 0.342 e. The molecule has 0 radical (unpaired) electrons. The predicted octanol–water partition coefficient (Wildman–Crippen LogP) is 3.35. The largest absolute Gasteiger partial charge is 0.440 e. The lowest BCUT2D eigenvalue weighted by Gasteiger charge is -2.37. The van der Waals surface area contributed by atoms with Crippen molar-refractivity contribution in [1.29, 1.82) is 0 Å². The highest BCUT2D eigenvalue weighted by molar-refractivity contribution is 6.89. The average Bonchev–Trinajstić information content (AvgIpc) is 1.95. The van der Waals surface area contributed by atoms with E-state index < -0.39 is 34.5 Å². The van der Waals surface area contributed by atoms with Crippen LogP contribution in [0.2, 0.25) is 52.4 Å². The molecule has 7 heteroatoms. The Labute approximate surface area is 112 Å². The molecule has 0 N–H and O–H groups in total. The molecule has 0 saturated heterocycles. The molecule has 0 fully saturated rings. The van der Waals surface area contributed by atoms with E-state index in [1.54, 1.807) is 0 Å². The zero-order chi connectivity index (χ0) is 13.9. The number of rotatable bonds is 7. The summed E-state index contributed by atoms with van der Waals surface area (Å²) in [6, 6.07) is 0. The predicted molar refractivity (Wildman–Crippen MR) is 84.8 cm³/mol. The summed E-state index contributed by atoms with van der Waals surface area (Å²) in [5.74, 6) is 0. The van der Waals surface area contributed by atoms with Crippen molar-refractivity contribution >= 4 is 34.5 Å². The maximum atomic E-state index is 6.25. The van der Waals surface area contributed by atoms with Crippen LogP contribution >= 0.6 is 0 Å². The summed E-state index contributed by atoms with van der Waals surface area (Å²) >= 11 is 0.